The lowest BCUT2D eigenvalue weighted by atomic mass is 9.78. The molecule has 0 aliphatic carbocycles. The molecule has 8 nitrogen and oxygen atoms in total. The average Bonchev–Trinajstić information content (AvgIpc) is 2.97. The molecule has 1 saturated heterocycles. The highest BCUT2D eigenvalue weighted by Crippen LogP contribution is 2.41. The van der Waals surface area contributed by atoms with E-state index in [2.05, 4.69) is 0 Å². The number of hydrogen-bond donors (Lipinski definition) is 0. The Bertz CT molecular complexity index is 1440. The molecule has 212 valence electrons. The van der Waals surface area contributed by atoms with Crippen LogP contribution in [-0.4, -0.2) is 63.5 Å². The average molecular weight is 585 g/mol. The number of amides is 1. The van der Waals surface area contributed by atoms with Gasteiger partial charge in [-0.2, -0.15) is 4.31 Å². The monoisotopic (exact) mass is 584 g/mol. The summed E-state index contributed by atoms with van der Waals surface area (Å²) in [6.07, 6.45) is 1.37. The lowest BCUT2D eigenvalue weighted by Crippen LogP contribution is -2.50. The maximum atomic E-state index is 13.9. The van der Waals surface area contributed by atoms with Crippen LogP contribution >= 0.6 is 11.6 Å². The van der Waals surface area contributed by atoms with Crippen LogP contribution in [0.4, 0.5) is 0 Å². The molecule has 2 aliphatic rings. The van der Waals surface area contributed by atoms with Crippen molar-refractivity contribution >= 4 is 27.5 Å². The fraction of sp³-hybridized carbons (Fsp3) is 0.367. The number of nitrogens with zero attached hydrogens (tertiary/aromatic N) is 2. The molecule has 0 aromatic heterocycles. The van der Waals surface area contributed by atoms with Gasteiger partial charge in [-0.05, 0) is 30.5 Å². The maximum Gasteiger partial charge on any atom is 0.244 e. The molecule has 2 heterocycles. The zero-order chi connectivity index (χ0) is 28.2. The van der Waals surface area contributed by atoms with Crippen LogP contribution in [0.25, 0.3) is 0 Å². The third-order valence-corrected chi connectivity index (χ3v) is 9.65. The molecule has 5 rings (SSSR count). The molecule has 10 heteroatoms. The first-order chi connectivity index (χ1) is 19.3. The van der Waals surface area contributed by atoms with Gasteiger partial charge in [-0.3, -0.25) is 4.79 Å². The Balaban J connectivity index is 1.40. The summed E-state index contributed by atoms with van der Waals surface area (Å²) in [5.74, 6) is 1.37. The van der Waals surface area contributed by atoms with E-state index in [-0.39, 0.29) is 35.4 Å². The molecule has 3 aromatic carbocycles. The van der Waals surface area contributed by atoms with Gasteiger partial charge in [0, 0.05) is 50.7 Å². The van der Waals surface area contributed by atoms with Gasteiger partial charge in [0.15, 0.2) is 11.5 Å². The van der Waals surface area contributed by atoms with Gasteiger partial charge < -0.3 is 19.1 Å². The summed E-state index contributed by atoms with van der Waals surface area (Å²) in [5.41, 5.74) is 0.290. The van der Waals surface area contributed by atoms with Crippen molar-refractivity contribution in [2.45, 2.75) is 30.7 Å². The molecule has 1 amide bonds. The van der Waals surface area contributed by atoms with Crippen molar-refractivity contribution < 1.29 is 27.4 Å². The molecule has 3 aromatic rings. The smallest absolute Gasteiger partial charge is 0.244 e. The van der Waals surface area contributed by atoms with E-state index in [1.807, 2.05) is 60.7 Å². The van der Waals surface area contributed by atoms with Crippen molar-refractivity contribution in [2.24, 2.45) is 5.41 Å². The number of halogens is 1. The molecule has 1 fully saturated rings. The fourth-order valence-electron chi connectivity index (χ4n) is 5.22. The van der Waals surface area contributed by atoms with Crippen molar-refractivity contribution in [3.8, 4) is 17.2 Å². The molecule has 0 spiro atoms. The van der Waals surface area contributed by atoms with E-state index in [1.54, 1.807) is 11.9 Å². The third kappa shape index (κ3) is 6.37. The van der Waals surface area contributed by atoms with Crippen LogP contribution in [0, 0.1) is 5.41 Å². The van der Waals surface area contributed by atoms with Crippen molar-refractivity contribution in [1.29, 1.82) is 0 Å². The number of carbonyl (C=O) groups is 1. The molecular weight excluding hydrogens is 552 g/mol. The van der Waals surface area contributed by atoms with E-state index in [9.17, 15) is 13.2 Å². The van der Waals surface area contributed by atoms with E-state index in [1.165, 1.54) is 16.4 Å². The van der Waals surface area contributed by atoms with Gasteiger partial charge in [0.25, 0.3) is 0 Å². The first-order valence-electron chi connectivity index (χ1n) is 13.3. The van der Waals surface area contributed by atoms with E-state index in [0.29, 0.717) is 56.4 Å². The van der Waals surface area contributed by atoms with Gasteiger partial charge in [0.2, 0.25) is 15.9 Å². The molecule has 0 radical (unpaired) electrons. The van der Waals surface area contributed by atoms with E-state index >= 15 is 0 Å². The molecular formula is C30H33ClN2O6S. The highest BCUT2D eigenvalue weighted by Gasteiger charge is 2.43. The minimum absolute atomic E-state index is 0.0364. The molecule has 0 saturated carbocycles. The number of benzene rings is 3. The summed E-state index contributed by atoms with van der Waals surface area (Å²) < 4.78 is 46.6. The Hall–Kier alpha value is -3.27. The van der Waals surface area contributed by atoms with Crippen LogP contribution in [-0.2, 0) is 21.4 Å². The summed E-state index contributed by atoms with van der Waals surface area (Å²) in [6, 6.07) is 22.0. The standard InChI is InChI=1S/C30H33ClN2O6S/c1-32(20-23-9-4-2-5-10-23)29(34)19-30(22-39-24-11-6-3-7-12-24)13-8-14-33(21-30)40(35,36)28-18-27-26(17-25(28)31)37-15-16-38-27/h2-7,9-12,17-18H,8,13-16,19-22H2,1H3/t30-/m0/s1. The molecule has 0 N–H and O–H groups in total. The minimum atomic E-state index is -4.00. The van der Waals surface area contributed by atoms with Gasteiger partial charge >= 0.3 is 0 Å². The zero-order valence-corrected chi connectivity index (χ0v) is 24.0. The normalized spacial score (nSPS) is 19.1. The van der Waals surface area contributed by atoms with E-state index < -0.39 is 15.4 Å². The maximum absolute atomic E-state index is 13.9. The largest absolute Gasteiger partial charge is 0.493 e. The number of para-hydroxylation sites is 1. The van der Waals surface area contributed by atoms with E-state index in [4.69, 9.17) is 25.8 Å². The summed E-state index contributed by atoms with van der Waals surface area (Å²) in [4.78, 5) is 15.2. The van der Waals surface area contributed by atoms with Gasteiger partial charge in [-0.25, -0.2) is 8.42 Å². The predicted octanol–water partition coefficient (Wildman–Crippen LogP) is 5.01. The van der Waals surface area contributed by atoms with Crippen molar-refractivity contribution in [3.05, 3.63) is 83.4 Å². The SMILES string of the molecule is CN(Cc1ccccc1)C(=O)C[C@@]1(COc2ccccc2)CCCN(S(=O)(=O)c2cc3c(cc2Cl)OCCO3)C1. The molecule has 0 unspecified atom stereocenters. The highest BCUT2D eigenvalue weighted by molar-refractivity contribution is 7.89. The van der Waals surface area contributed by atoms with Gasteiger partial charge in [0.1, 0.15) is 23.9 Å². The minimum Gasteiger partial charge on any atom is -0.493 e. The van der Waals surface area contributed by atoms with Crippen LogP contribution in [0.5, 0.6) is 17.2 Å². The summed E-state index contributed by atoms with van der Waals surface area (Å²) in [6.45, 7) is 1.80. The molecule has 0 bridgehead atoms. The van der Waals surface area contributed by atoms with Crippen LogP contribution in [0.3, 0.4) is 0 Å². The number of sulfonamides is 1. The number of carbonyl (C=O) groups excluding carboxylic acids is 1. The number of fused-ring (bicyclic) bond motifs is 1. The van der Waals surface area contributed by atoms with Gasteiger partial charge in [-0.15, -0.1) is 0 Å². The number of ether oxygens (including phenoxy) is 3. The topological polar surface area (TPSA) is 85.4 Å². The lowest BCUT2D eigenvalue weighted by molar-refractivity contribution is -0.134. The Labute approximate surface area is 240 Å². The molecule has 40 heavy (non-hydrogen) atoms. The molecule has 1 atom stereocenters. The highest BCUT2D eigenvalue weighted by atomic mass is 35.5. The summed E-state index contributed by atoms with van der Waals surface area (Å²) >= 11 is 6.45. The first-order valence-corrected chi connectivity index (χ1v) is 15.1. The first kappa shape index (κ1) is 28.3. The fourth-order valence-corrected chi connectivity index (χ4v) is 7.32. The second-order valence-corrected chi connectivity index (χ2v) is 12.7. The van der Waals surface area contributed by atoms with Crippen molar-refractivity contribution in [3.63, 3.8) is 0 Å². The molecule has 2 aliphatic heterocycles. The Morgan fingerprint density at radius 2 is 1.68 bits per heavy atom. The second kappa shape index (κ2) is 12.1. The predicted molar refractivity (Wildman–Crippen MR) is 152 cm³/mol. The quantitative estimate of drug-likeness (QED) is 0.351. The van der Waals surface area contributed by atoms with Crippen LogP contribution in [0.1, 0.15) is 24.8 Å². The Morgan fingerprint density at radius 3 is 2.38 bits per heavy atom. The van der Waals surface area contributed by atoms with Crippen LogP contribution in [0.15, 0.2) is 77.7 Å². The van der Waals surface area contributed by atoms with Crippen LogP contribution < -0.4 is 14.2 Å². The number of hydrogen-bond acceptors (Lipinski definition) is 6. The lowest BCUT2D eigenvalue weighted by Gasteiger charge is -2.42. The third-order valence-electron chi connectivity index (χ3n) is 7.34. The zero-order valence-electron chi connectivity index (χ0n) is 22.4. The second-order valence-electron chi connectivity index (χ2n) is 10.4. The van der Waals surface area contributed by atoms with Crippen LogP contribution in [0.2, 0.25) is 5.02 Å². The van der Waals surface area contributed by atoms with Gasteiger partial charge in [0.05, 0.1) is 11.6 Å². The summed E-state index contributed by atoms with van der Waals surface area (Å²) in [7, 11) is -2.23. The van der Waals surface area contributed by atoms with Crippen molar-refractivity contribution in [1.82, 2.24) is 9.21 Å². The number of rotatable bonds is 9. The van der Waals surface area contributed by atoms with E-state index in [0.717, 1.165) is 5.56 Å². The summed E-state index contributed by atoms with van der Waals surface area (Å²) in [5, 5.41) is 0.0691. The van der Waals surface area contributed by atoms with Crippen molar-refractivity contribution in [2.75, 3.05) is 40.0 Å². The Kier molecular flexibility index (Phi) is 8.54. The van der Waals surface area contributed by atoms with Gasteiger partial charge in [-0.1, -0.05) is 60.1 Å². The number of piperidine rings is 1. The Morgan fingerprint density at radius 1 is 1.02 bits per heavy atom.